The predicted octanol–water partition coefficient (Wildman–Crippen LogP) is 5.81. The van der Waals surface area contributed by atoms with E-state index in [1.54, 1.807) is 0 Å². The fourth-order valence-corrected chi connectivity index (χ4v) is 2.83. The van der Waals surface area contributed by atoms with Crippen LogP contribution in [0.15, 0.2) is 85.5 Å². The molecule has 0 aliphatic heterocycles. The number of nitrogens with one attached hydrogen (secondary N) is 1. The maximum Gasteiger partial charge on any atom is 0.193 e. The van der Waals surface area contributed by atoms with Crippen molar-refractivity contribution in [1.29, 1.82) is 0 Å². The van der Waals surface area contributed by atoms with Crippen LogP contribution >= 0.6 is 12.4 Å². The van der Waals surface area contributed by atoms with Gasteiger partial charge in [-0.2, -0.15) is 0 Å². The zero-order chi connectivity index (χ0) is 19.1. The number of ketones is 1. The molecule has 1 N–H and O–H groups in total. The lowest BCUT2D eigenvalue weighted by atomic mass is 9.99. The molecule has 0 unspecified atom stereocenters. The summed E-state index contributed by atoms with van der Waals surface area (Å²) in [5.74, 6) is -0.455. The zero-order valence-electron chi connectivity index (χ0n) is 15.5. The van der Waals surface area contributed by atoms with Gasteiger partial charge in [0.1, 0.15) is 5.82 Å². The summed E-state index contributed by atoms with van der Waals surface area (Å²) < 4.78 is 13.0. The molecule has 0 radical (unpaired) electrons. The van der Waals surface area contributed by atoms with Crippen molar-refractivity contribution in [3.8, 4) is 11.1 Å². The van der Waals surface area contributed by atoms with E-state index in [1.165, 1.54) is 29.8 Å². The highest BCUT2D eigenvalue weighted by atomic mass is 35.5. The summed E-state index contributed by atoms with van der Waals surface area (Å²) in [7, 11) is 0. The second-order valence-corrected chi connectivity index (χ2v) is 6.36. The van der Waals surface area contributed by atoms with Crippen LogP contribution in [0.3, 0.4) is 0 Å². The van der Waals surface area contributed by atoms with Crippen LogP contribution in [0.25, 0.3) is 11.1 Å². The van der Waals surface area contributed by atoms with Gasteiger partial charge in [-0.05, 0) is 53.9 Å². The topological polar surface area (TPSA) is 29.1 Å². The van der Waals surface area contributed by atoms with Gasteiger partial charge < -0.3 is 5.32 Å². The number of carbonyl (C=O) groups excluding carboxylic acids is 1. The van der Waals surface area contributed by atoms with Gasteiger partial charge in [-0.1, -0.05) is 54.6 Å². The molecule has 28 heavy (non-hydrogen) atoms. The average molecular weight is 396 g/mol. The maximum absolute atomic E-state index is 13.0. The van der Waals surface area contributed by atoms with Crippen LogP contribution in [0, 0.1) is 5.82 Å². The summed E-state index contributed by atoms with van der Waals surface area (Å²) in [4.78, 5) is 12.5. The number of rotatable bonds is 8. The molecule has 4 heteroatoms. The highest BCUT2D eigenvalue weighted by Gasteiger charge is 2.09. The van der Waals surface area contributed by atoms with Gasteiger partial charge in [0.15, 0.2) is 5.78 Å². The van der Waals surface area contributed by atoms with E-state index in [4.69, 9.17) is 0 Å². The highest BCUT2D eigenvalue weighted by Crippen LogP contribution is 2.21. The average Bonchev–Trinajstić information content (AvgIpc) is 2.72. The third kappa shape index (κ3) is 5.62. The molecule has 0 saturated carbocycles. The number of carbonyl (C=O) groups is 1. The monoisotopic (exact) mass is 395 g/mol. The molecule has 0 saturated heterocycles. The lowest BCUT2D eigenvalue weighted by Gasteiger charge is -2.07. The van der Waals surface area contributed by atoms with E-state index in [0.717, 1.165) is 30.6 Å². The number of benzene rings is 3. The molecular formula is C24H23ClFNO. The molecule has 0 aliphatic rings. The fourth-order valence-electron chi connectivity index (χ4n) is 2.83. The Morgan fingerprint density at radius 2 is 1.36 bits per heavy atom. The summed E-state index contributed by atoms with van der Waals surface area (Å²) >= 11 is 0. The molecule has 3 aromatic carbocycles. The van der Waals surface area contributed by atoms with Crippen molar-refractivity contribution in [1.82, 2.24) is 5.32 Å². The number of halogens is 2. The summed E-state index contributed by atoms with van der Waals surface area (Å²) in [5, 5.41) is 3.37. The molecule has 3 aromatic rings. The molecule has 0 fully saturated rings. The lowest BCUT2D eigenvalue weighted by molar-refractivity contribution is 0.103. The van der Waals surface area contributed by atoms with Gasteiger partial charge in [0.05, 0.1) is 0 Å². The number of hydrogen-bond acceptors (Lipinski definition) is 2. The Morgan fingerprint density at radius 1 is 0.857 bits per heavy atom. The van der Waals surface area contributed by atoms with Crippen LogP contribution in [-0.4, -0.2) is 12.3 Å². The van der Waals surface area contributed by atoms with Crippen LogP contribution in [0.2, 0.25) is 0 Å². The quantitative estimate of drug-likeness (QED) is 0.296. The Hall–Kier alpha value is -2.75. The zero-order valence-corrected chi connectivity index (χ0v) is 16.3. The van der Waals surface area contributed by atoms with Crippen molar-refractivity contribution in [2.75, 3.05) is 6.54 Å². The highest BCUT2D eigenvalue weighted by molar-refractivity contribution is 6.09. The van der Waals surface area contributed by atoms with Crippen LogP contribution < -0.4 is 5.32 Å². The third-order valence-electron chi connectivity index (χ3n) is 4.40. The summed E-state index contributed by atoms with van der Waals surface area (Å²) in [6.07, 6.45) is 2.86. The van der Waals surface area contributed by atoms with Crippen molar-refractivity contribution >= 4 is 18.2 Å². The Bertz CT molecular complexity index is 903. The predicted molar refractivity (Wildman–Crippen MR) is 115 cm³/mol. The van der Waals surface area contributed by atoms with Gasteiger partial charge in [-0.15, -0.1) is 19.0 Å². The summed E-state index contributed by atoms with van der Waals surface area (Å²) in [6, 6.07) is 21.5. The SMILES string of the molecule is C=CCCNCc1ccc(-c2ccc(C(=O)c3ccc(F)cc3)cc2)cc1.Cl. The minimum atomic E-state index is -0.346. The number of hydrogen-bond donors (Lipinski definition) is 1. The van der Waals surface area contributed by atoms with E-state index in [2.05, 4.69) is 36.2 Å². The molecule has 0 aliphatic carbocycles. The van der Waals surface area contributed by atoms with E-state index < -0.39 is 0 Å². The minimum absolute atomic E-state index is 0. The normalized spacial score (nSPS) is 10.2. The van der Waals surface area contributed by atoms with Crippen molar-refractivity contribution in [2.24, 2.45) is 0 Å². The van der Waals surface area contributed by atoms with E-state index in [0.29, 0.717) is 11.1 Å². The molecule has 0 atom stereocenters. The molecule has 144 valence electrons. The molecule has 0 spiro atoms. The minimum Gasteiger partial charge on any atom is -0.312 e. The van der Waals surface area contributed by atoms with Crippen molar-refractivity contribution in [2.45, 2.75) is 13.0 Å². The largest absolute Gasteiger partial charge is 0.312 e. The molecule has 0 heterocycles. The van der Waals surface area contributed by atoms with Crippen LogP contribution in [0.5, 0.6) is 0 Å². The summed E-state index contributed by atoms with van der Waals surface area (Å²) in [6.45, 7) is 5.47. The Labute approximate surface area is 171 Å². The first-order valence-electron chi connectivity index (χ1n) is 8.98. The van der Waals surface area contributed by atoms with Crippen molar-refractivity contribution < 1.29 is 9.18 Å². The third-order valence-corrected chi connectivity index (χ3v) is 4.40. The molecule has 3 rings (SSSR count). The standard InChI is InChI=1S/C24H22FNO.ClH/c1-2-3-16-26-17-18-4-6-19(7-5-18)20-8-10-21(11-9-20)24(27)22-12-14-23(25)15-13-22;/h2,4-15,26H,1,3,16-17H2;1H. The van der Waals surface area contributed by atoms with Gasteiger partial charge >= 0.3 is 0 Å². The van der Waals surface area contributed by atoms with Gasteiger partial charge in [0.25, 0.3) is 0 Å². The smallest absolute Gasteiger partial charge is 0.193 e. The molecule has 0 bridgehead atoms. The Kier molecular flexibility index (Phi) is 8.12. The Morgan fingerprint density at radius 3 is 1.89 bits per heavy atom. The second kappa shape index (κ2) is 10.5. The van der Waals surface area contributed by atoms with E-state index >= 15 is 0 Å². The van der Waals surface area contributed by atoms with Crippen LogP contribution in [0.4, 0.5) is 4.39 Å². The molecule has 0 amide bonds. The fraction of sp³-hybridized carbons (Fsp3) is 0.125. The van der Waals surface area contributed by atoms with Crippen LogP contribution in [-0.2, 0) is 6.54 Å². The molecule has 2 nitrogen and oxygen atoms in total. The van der Waals surface area contributed by atoms with Gasteiger partial charge in [-0.25, -0.2) is 4.39 Å². The van der Waals surface area contributed by atoms with Crippen molar-refractivity contribution in [3.05, 3.63) is 108 Å². The maximum atomic E-state index is 13.0. The first-order chi connectivity index (χ1) is 13.2. The lowest BCUT2D eigenvalue weighted by Crippen LogP contribution is -2.13. The van der Waals surface area contributed by atoms with Gasteiger partial charge in [-0.3, -0.25) is 4.79 Å². The van der Waals surface area contributed by atoms with E-state index in [1.807, 2.05) is 30.3 Å². The van der Waals surface area contributed by atoms with E-state index in [-0.39, 0.29) is 24.0 Å². The summed E-state index contributed by atoms with van der Waals surface area (Å²) in [5.41, 5.74) is 4.46. The van der Waals surface area contributed by atoms with Gasteiger partial charge in [0, 0.05) is 17.7 Å². The van der Waals surface area contributed by atoms with Gasteiger partial charge in [0.2, 0.25) is 0 Å². The molecular weight excluding hydrogens is 373 g/mol. The van der Waals surface area contributed by atoms with Crippen molar-refractivity contribution in [3.63, 3.8) is 0 Å². The molecule has 0 aromatic heterocycles. The van der Waals surface area contributed by atoms with E-state index in [9.17, 15) is 9.18 Å². The Balaban J connectivity index is 0.00000280. The first-order valence-corrected chi connectivity index (χ1v) is 8.98. The first kappa shape index (κ1) is 21.5. The second-order valence-electron chi connectivity index (χ2n) is 6.36. The van der Waals surface area contributed by atoms with Crippen LogP contribution in [0.1, 0.15) is 27.9 Å².